The van der Waals surface area contributed by atoms with Gasteiger partial charge in [0, 0.05) is 46.3 Å². The average molecular weight is 1250 g/mol. The van der Waals surface area contributed by atoms with Crippen LogP contribution in [0.5, 0.6) is 46.0 Å². The van der Waals surface area contributed by atoms with E-state index in [1.807, 2.05) is 142 Å². The van der Waals surface area contributed by atoms with Gasteiger partial charge in [0.05, 0.1) is 25.1 Å². The molecule has 9 heterocycles. The Kier molecular flexibility index (Phi) is 9.39. The van der Waals surface area contributed by atoms with Crippen molar-refractivity contribution in [3.63, 3.8) is 0 Å². The molecule has 4 aliphatic rings. The molecule has 15 rings (SSSR count). The van der Waals surface area contributed by atoms with E-state index >= 15 is 0 Å². The van der Waals surface area contributed by atoms with Gasteiger partial charge in [-0.15, -0.1) is 70.1 Å². The van der Waals surface area contributed by atoms with Crippen LogP contribution in [-0.2, 0) is 56.2 Å². The number of fused-ring (bicyclic) bond motifs is 10. The number of nitrogens with zero attached hydrogens (tertiary/aromatic N) is 6. The van der Waals surface area contributed by atoms with Crippen molar-refractivity contribution in [1.29, 1.82) is 0 Å². The molecule has 15 heteroatoms. The maximum Gasteiger partial charge on any atom is 4.00 e. The first-order valence-electron chi connectivity index (χ1n) is 21.7. The molecule has 5 aromatic heterocycles. The fraction of sp³-hybridized carbons (Fsp3) is 0.0370. The second kappa shape index (κ2) is 15.5. The summed E-state index contributed by atoms with van der Waals surface area (Å²) >= 11 is 0. The van der Waals surface area contributed by atoms with Crippen molar-refractivity contribution in [3.05, 3.63) is 171 Å². The summed E-state index contributed by atoms with van der Waals surface area (Å²) in [7, 11) is 3.92. The Hall–Kier alpha value is -7.45. The largest absolute Gasteiger partial charge is 4.00 e. The summed E-state index contributed by atoms with van der Waals surface area (Å²) in [6.07, 6.45) is 13.5. The van der Waals surface area contributed by atoms with Gasteiger partial charge in [0.15, 0.2) is 0 Å². The number of aromatic nitrogens is 6. The number of rotatable bonds is 4. The molecular formula is C54H26B2N6O5Pt2+2. The molecule has 0 bridgehead atoms. The van der Waals surface area contributed by atoms with E-state index < -0.39 is 0 Å². The number of furan rings is 1. The van der Waals surface area contributed by atoms with Gasteiger partial charge in [0.1, 0.15) is 34.3 Å². The Morgan fingerprint density at radius 3 is 1.39 bits per heavy atom. The summed E-state index contributed by atoms with van der Waals surface area (Å²) < 4.78 is 40.0. The van der Waals surface area contributed by atoms with Crippen LogP contribution in [0.3, 0.4) is 0 Å². The molecule has 6 aromatic carbocycles. The van der Waals surface area contributed by atoms with Crippen LogP contribution in [0.1, 0.15) is 0 Å². The van der Waals surface area contributed by atoms with Crippen molar-refractivity contribution in [3.8, 4) is 79.8 Å². The summed E-state index contributed by atoms with van der Waals surface area (Å²) in [5.74, 6) is 6.12. The molecule has 11 nitrogen and oxygen atoms in total. The third-order valence-electron chi connectivity index (χ3n) is 13.0. The number of pyridine rings is 2. The van der Waals surface area contributed by atoms with Gasteiger partial charge in [-0.05, 0) is 24.3 Å². The smallest absolute Gasteiger partial charge is 0.631 e. The fourth-order valence-electron chi connectivity index (χ4n) is 10.0. The van der Waals surface area contributed by atoms with E-state index in [-0.39, 0.29) is 55.6 Å². The molecule has 0 fully saturated rings. The minimum atomic E-state index is -0.310. The maximum atomic E-state index is 6.54. The predicted molar refractivity (Wildman–Crippen MR) is 247 cm³/mol. The normalized spacial score (nSPS) is 13.0. The van der Waals surface area contributed by atoms with E-state index in [2.05, 4.69) is 59.2 Å². The van der Waals surface area contributed by atoms with Crippen LogP contribution in [-0.4, -0.2) is 32.5 Å². The zero-order valence-electron chi connectivity index (χ0n) is 36.1. The van der Waals surface area contributed by atoms with Gasteiger partial charge in [0.2, 0.25) is 26.1 Å². The van der Waals surface area contributed by atoms with E-state index in [1.54, 1.807) is 12.4 Å². The molecule has 11 aromatic rings. The van der Waals surface area contributed by atoms with Crippen LogP contribution in [0.4, 0.5) is 0 Å². The van der Waals surface area contributed by atoms with E-state index in [9.17, 15) is 0 Å². The SMILES string of the molecule is C[n+]1[c-]n(-c2[c-]c3c(cc2)Oc2cccc4c2B3c2[c-]c(-c3[c-]oc(-c5[c-]c6c(cc5)Oc5cccc7c5B6c5[c-]c(-n6[c-][n+](C)c8cccnc86)ccc5O7)[c-]3)ccc2O4)c2ncccc21.[Pt+4].[Pt+4]. The minimum Gasteiger partial charge on any atom is -0.631 e. The Balaban J connectivity index is 0.00000234. The van der Waals surface area contributed by atoms with Gasteiger partial charge in [-0.25, -0.2) is 12.1 Å². The van der Waals surface area contributed by atoms with E-state index in [0.29, 0.717) is 39.9 Å². The molecule has 4 aliphatic heterocycles. The maximum absolute atomic E-state index is 6.54. The quantitative estimate of drug-likeness (QED) is 0.142. The summed E-state index contributed by atoms with van der Waals surface area (Å²) in [6, 6.07) is 53.7. The number of ether oxygens (including phenoxy) is 4. The van der Waals surface area contributed by atoms with Crippen molar-refractivity contribution < 1.29 is 74.6 Å². The summed E-state index contributed by atoms with van der Waals surface area (Å²) in [5.41, 5.74) is 12.2. The first-order chi connectivity index (χ1) is 33.0. The number of hydrogen-bond donors (Lipinski definition) is 0. The third-order valence-corrected chi connectivity index (χ3v) is 13.0. The molecule has 0 aliphatic carbocycles. The van der Waals surface area contributed by atoms with Gasteiger partial charge in [0.25, 0.3) is 0 Å². The number of benzene rings is 6. The Morgan fingerprint density at radius 2 is 0.899 bits per heavy atom. The predicted octanol–water partition coefficient (Wildman–Crippen LogP) is 4.79. The van der Waals surface area contributed by atoms with Gasteiger partial charge in [-0.2, -0.15) is 24.3 Å². The standard InChI is InChI=1S/C54H26B2N6O5.2Pt/c1-59-29-61(53-40(59)7-5-21-57-53)34-15-19-44-38(26-34)55-36-23-31(13-17-42(36)64-46-9-3-11-48(66-44)51(46)55)33-25-50(63-28-33)32-14-18-43-37(24-32)56-39-27-35(62-30-60(2)41-8-6-22-58-54(41)62)16-20-45(39)67-49-12-4-10-47(65-43)52(49)56;;/h3-22H,1-2H3;;/q-6;2*+4. The molecular weight excluding hydrogens is 1220 g/mol. The molecule has 0 spiro atoms. The average Bonchev–Trinajstić information content (AvgIpc) is 4.09. The van der Waals surface area contributed by atoms with Gasteiger partial charge >= 0.3 is 42.1 Å². The van der Waals surface area contributed by atoms with Gasteiger partial charge in [-0.3, -0.25) is 9.97 Å². The van der Waals surface area contributed by atoms with Crippen molar-refractivity contribution in [2.75, 3.05) is 0 Å². The third kappa shape index (κ3) is 6.16. The number of imidazole rings is 2. The first kappa shape index (κ1) is 41.7. The number of aryl methyl sites for hydroxylation is 2. The van der Waals surface area contributed by atoms with Crippen LogP contribution < -0.4 is 60.9 Å². The van der Waals surface area contributed by atoms with Crippen LogP contribution in [0.25, 0.3) is 56.2 Å². The molecule has 0 amide bonds. The van der Waals surface area contributed by atoms with E-state index in [1.165, 1.54) is 0 Å². The zero-order chi connectivity index (χ0) is 44.1. The Labute approximate surface area is 424 Å². The second-order valence-electron chi connectivity index (χ2n) is 16.9. The zero-order valence-corrected chi connectivity index (χ0v) is 40.6. The molecule has 69 heavy (non-hydrogen) atoms. The number of hydrogen-bond acceptors (Lipinski definition) is 7. The van der Waals surface area contributed by atoms with Gasteiger partial charge < -0.3 is 58.8 Å². The summed E-state index contributed by atoms with van der Waals surface area (Å²) in [4.78, 5) is 9.34. The Bertz CT molecular complexity index is 3700. The van der Waals surface area contributed by atoms with Crippen molar-refractivity contribution >= 4 is 68.5 Å². The molecule has 0 saturated heterocycles. The molecule has 0 unspecified atom stereocenters. The van der Waals surface area contributed by atoms with Gasteiger partial charge in [-0.1, -0.05) is 53.5 Å². The van der Waals surface area contributed by atoms with Crippen LogP contribution in [0.2, 0.25) is 0 Å². The Morgan fingerprint density at radius 1 is 0.464 bits per heavy atom. The molecule has 0 atom stereocenters. The van der Waals surface area contributed by atoms with Crippen LogP contribution in [0.15, 0.2) is 126 Å². The molecule has 0 N–H and O–H groups in total. The second-order valence-corrected chi connectivity index (χ2v) is 16.9. The fourth-order valence-corrected chi connectivity index (χ4v) is 10.0. The van der Waals surface area contributed by atoms with Crippen molar-refractivity contribution in [2.24, 2.45) is 14.1 Å². The van der Waals surface area contributed by atoms with Crippen molar-refractivity contribution in [1.82, 2.24) is 19.1 Å². The monoisotopic (exact) mass is 1250 g/mol. The van der Waals surface area contributed by atoms with Crippen molar-refractivity contribution in [2.45, 2.75) is 0 Å². The van der Waals surface area contributed by atoms with E-state index in [4.69, 9.17) is 23.4 Å². The summed E-state index contributed by atoms with van der Waals surface area (Å²) in [6.45, 7) is -0.613. The summed E-state index contributed by atoms with van der Waals surface area (Å²) in [5, 5.41) is 0. The minimum absolute atomic E-state index is 0. The first-order valence-corrected chi connectivity index (χ1v) is 21.7. The molecule has 0 saturated carbocycles. The van der Waals surface area contributed by atoms with E-state index in [0.717, 1.165) is 95.0 Å². The molecule has 326 valence electrons. The van der Waals surface area contributed by atoms with Crippen LogP contribution in [0, 0.1) is 49.2 Å². The molecule has 0 radical (unpaired) electrons. The van der Waals surface area contributed by atoms with Crippen LogP contribution >= 0.6 is 0 Å². The topological polar surface area (TPSA) is 93.5 Å².